The van der Waals surface area contributed by atoms with E-state index in [1.54, 1.807) is 6.92 Å². The molecule has 0 heterocycles. The lowest BCUT2D eigenvalue weighted by Crippen LogP contribution is -2.47. The fourth-order valence-corrected chi connectivity index (χ4v) is 6.16. The minimum absolute atomic E-state index is 0.0232. The Morgan fingerprint density at radius 2 is 2.00 bits per heavy atom. The zero-order valence-corrected chi connectivity index (χ0v) is 20.7. The largest absolute Gasteiger partial charge is 0.465 e. The molecule has 0 bridgehead atoms. The number of hydrogen-bond donors (Lipinski definition) is 1. The van der Waals surface area contributed by atoms with Crippen LogP contribution in [0.4, 0.5) is 13.2 Å². The van der Waals surface area contributed by atoms with Gasteiger partial charge in [-0.2, -0.15) is 17.5 Å². The number of aliphatic imine (C=N–C) groups is 1. The van der Waals surface area contributed by atoms with E-state index in [0.717, 1.165) is 16.6 Å². The Labute approximate surface area is 199 Å². The Morgan fingerprint density at radius 3 is 2.56 bits per heavy atom. The topological polar surface area (TPSA) is 117 Å². The SMILES string of the molecule is CCOC(=O)CN=C1CCCC(N(C)S(=O)(=O)c2cc(S(=O)CC)cc(C(F)(F)F)c2)C1C=N. The van der Waals surface area contributed by atoms with Crippen LogP contribution in [0.3, 0.4) is 0 Å². The quantitative estimate of drug-likeness (QED) is 0.394. The molecular weight excluding hydrogens is 495 g/mol. The summed E-state index contributed by atoms with van der Waals surface area (Å²) >= 11 is 0. The van der Waals surface area contributed by atoms with Crippen LogP contribution < -0.4 is 0 Å². The summed E-state index contributed by atoms with van der Waals surface area (Å²) in [7, 11) is -5.01. The average molecular weight is 524 g/mol. The average Bonchev–Trinajstić information content (AvgIpc) is 2.80. The van der Waals surface area contributed by atoms with Gasteiger partial charge in [0.2, 0.25) is 10.0 Å². The van der Waals surface area contributed by atoms with E-state index in [9.17, 15) is 30.6 Å². The first-order chi connectivity index (χ1) is 15.9. The van der Waals surface area contributed by atoms with E-state index in [2.05, 4.69) is 4.99 Å². The number of esters is 1. The highest BCUT2D eigenvalue weighted by molar-refractivity contribution is 7.89. The van der Waals surface area contributed by atoms with Gasteiger partial charge in [-0.25, -0.2) is 8.42 Å². The number of halogens is 3. The van der Waals surface area contributed by atoms with Gasteiger partial charge in [-0.05, 0) is 44.4 Å². The molecule has 0 spiro atoms. The summed E-state index contributed by atoms with van der Waals surface area (Å²) in [5.74, 6) is -1.28. The smallest absolute Gasteiger partial charge is 0.416 e. The van der Waals surface area contributed by atoms with Gasteiger partial charge >= 0.3 is 12.1 Å². The Kier molecular flexibility index (Phi) is 9.54. The third-order valence-electron chi connectivity index (χ3n) is 5.50. The number of nitrogens with one attached hydrogen (secondary N) is 1. The molecule has 1 saturated carbocycles. The zero-order chi connectivity index (χ0) is 25.7. The van der Waals surface area contributed by atoms with E-state index in [1.807, 2.05) is 0 Å². The molecule has 34 heavy (non-hydrogen) atoms. The second-order valence-corrected chi connectivity index (χ2v) is 11.3. The molecule has 0 aromatic heterocycles. The Morgan fingerprint density at radius 1 is 1.32 bits per heavy atom. The molecule has 3 atom stereocenters. The Hall–Kier alpha value is -2.12. The standard InChI is InChI=1S/C21H28F3N3O5S2/c1-4-32-20(28)13-26-18-7-6-8-19(17(18)12-25)27(3)34(30,31)16-10-14(21(22,23)24)9-15(11-16)33(29)5-2/h9-12,17,19,25H,4-8,13H2,1-3H3. The number of carbonyl (C=O) groups excluding carboxylic acids is 1. The third kappa shape index (κ3) is 6.51. The molecule has 1 aliphatic carbocycles. The third-order valence-corrected chi connectivity index (χ3v) is 8.65. The van der Waals surface area contributed by atoms with Gasteiger partial charge < -0.3 is 10.1 Å². The van der Waals surface area contributed by atoms with Crippen molar-refractivity contribution in [2.75, 3.05) is 26.0 Å². The maximum absolute atomic E-state index is 13.4. The minimum Gasteiger partial charge on any atom is -0.465 e. The van der Waals surface area contributed by atoms with Gasteiger partial charge in [0.25, 0.3) is 0 Å². The second kappa shape index (κ2) is 11.5. The zero-order valence-electron chi connectivity index (χ0n) is 19.1. The van der Waals surface area contributed by atoms with Gasteiger partial charge in [0.1, 0.15) is 6.54 Å². The first-order valence-corrected chi connectivity index (χ1v) is 13.4. The fraction of sp³-hybridized carbons (Fsp3) is 0.571. The van der Waals surface area contributed by atoms with Crippen LogP contribution in [-0.4, -0.2) is 66.8 Å². The number of sulfonamides is 1. The minimum atomic E-state index is -4.83. The van der Waals surface area contributed by atoms with Crippen molar-refractivity contribution in [1.82, 2.24) is 4.31 Å². The van der Waals surface area contributed by atoms with Crippen LogP contribution in [0, 0.1) is 11.3 Å². The molecule has 1 aromatic carbocycles. The van der Waals surface area contributed by atoms with Crippen LogP contribution >= 0.6 is 0 Å². The summed E-state index contributed by atoms with van der Waals surface area (Å²) in [6.07, 6.45) is -2.48. The summed E-state index contributed by atoms with van der Waals surface area (Å²) < 4.78 is 85.0. The summed E-state index contributed by atoms with van der Waals surface area (Å²) in [4.78, 5) is 15.0. The summed E-state index contributed by atoms with van der Waals surface area (Å²) in [6, 6.07) is 1.44. The molecule has 190 valence electrons. The molecule has 3 unspecified atom stereocenters. The predicted octanol–water partition coefficient (Wildman–Crippen LogP) is 3.28. The van der Waals surface area contributed by atoms with Crippen molar-refractivity contribution in [3.05, 3.63) is 23.8 Å². The first kappa shape index (κ1) is 28.1. The molecule has 1 fully saturated rings. The van der Waals surface area contributed by atoms with Gasteiger partial charge in [-0.15, -0.1) is 0 Å². The van der Waals surface area contributed by atoms with Crippen LogP contribution in [0.5, 0.6) is 0 Å². The fourth-order valence-electron chi connectivity index (χ4n) is 3.76. The molecule has 1 N–H and O–H groups in total. The lowest BCUT2D eigenvalue weighted by molar-refractivity contribution is -0.141. The molecule has 2 rings (SSSR count). The molecule has 13 heteroatoms. The molecule has 0 amide bonds. The normalized spacial score (nSPS) is 21.4. The van der Waals surface area contributed by atoms with Crippen molar-refractivity contribution in [3.8, 4) is 0 Å². The van der Waals surface area contributed by atoms with Gasteiger partial charge in [0, 0.05) is 41.6 Å². The highest BCUT2D eigenvalue weighted by Gasteiger charge is 2.39. The molecule has 1 aliphatic rings. The Balaban J connectivity index is 2.46. The molecule has 0 aliphatic heterocycles. The maximum atomic E-state index is 13.4. The lowest BCUT2D eigenvalue weighted by Gasteiger charge is -2.36. The van der Waals surface area contributed by atoms with E-state index < -0.39 is 55.4 Å². The molecule has 0 radical (unpaired) electrons. The highest BCUT2D eigenvalue weighted by atomic mass is 32.2. The van der Waals surface area contributed by atoms with E-state index in [-0.39, 0.29) is 23.8 Å². The van der Waals surface area contributed by atoms with Crippen molar-refractivity contribution in [3.63, 3.8) is 0 Å². The van der Waals surface area contributed by atoms with Crippen LogP contribution in [0.25, 0.3) is 0 Å². The molecular formula is C21H28F3N3O5S2. The van der Waals surface area contributed by atoms with E-state index in [4.69, 9.17) is 10.1 Å². The van der Waals surface area contributed by atoms with Crippen molar-refractivity contribution >= 4 is 38.7 Å². The second-order valence-electron chi connectivity index (χ2n) is 7.61. The van der Waals surface area contributed by atoms with E-state index in [1.165, 1.54) is 14.0 Å². The van der Waals surface area contributed by atoms with Gasteiger partial charge in [-0.3, -0.25) is 14.0 Å². The van der Waals surface area contributed by atoms with E-state index >= 15 is 0 Å². The van der Waals surface area contributed by atoms with Crippen LogP contribution in [-0.2, 0) is 36.5 Å². The molecule has 1 aromatic rings. The summed E-state index contributed by atoms with van der Waals surface area (Å²) in [5.41, 5.74) is -0.749. The monoisotopic (exact) mass is 523 g/mol. The molecule has 0 saturated heterocycles. The summed E-state index contributed by atoms with van der Waals surface area (Å²) in [5, 5.41) is 7.83. The number of alkyl halides is 3. The number of hydrogen-bond acceptors (Lipinski definition) is 7. The Bertz CT molecular complexity index is 1070. The van der Waals surface area contributed by atoms with Crippen molar-refractivity contribution in [1.29, 1.82) is 5.41 Å². The maximum Gasteiger partial charge on any atom is 0.416 e. The number of carbonyl (C=O) groups is 1. The number of rotatable bonds is 9. The van der Waals surface area contributed by atoms with Crippen molar-refractivity contribution in [2.45, 2.75) is 55.1 Å². The van der Waals surface area contributed by atoms with Crippen molar-refractivity contribution < 1.29 is 35.3 Å². The molecule has 8 nitrogen and oxygen atoms in total. The number of benzene rings is 1. The van der Waals surface area contributed by atoms with Gasteiger partial charge in [0.05, 0.1) is 27.9 Å². The van der Waals surface area contributed by atoms with Crippen LogP contribution in [0.2, 0.25) is 0 Å². The van der Waals surface area contributed by atoms with E-state index in [0.29, 0.717) is 37.1 Å². The number of ether oxygens (including phenoxy) is 1. The number of nitrogens with zero attached hydrogens (tertiary/aromatic N) is 2. The predicted molar refractivity (Wildman–Crippen MR) is 122 cm³/mol. The van der Waals surface area contributed by atoms with Gasteiger partial charge in [-0.1, -0.05) is 6.92 Å². The van der Waals surface area contributed by atoms with Crippen molar-refractivity contribution in [2.24, 2.45) is 10.9 Å². The van der Waals surface area contributed by atoms with Gasteiger partial charge in [0.15, 0.2) is 0 Å². The summed E-state index contributed by atoms with van der Waals surface area (Å²) in [6.45, 7) is 3.08. The first-order valence-electron chi connectivity index (χ1n) is 10.6. The van der Waals surface area contributed by atoms with Crippen LogP contribution in [0.1, 0.15) is 38.7 Å². The lowest BCUT2D eigenvalue weighted by atomic mass is 9.83. The highest BCUT2D eigenvalue weighted by Crippen LogP contribution is 2.35. The van der Waals surface area contributed by atoms with Crippen LogP contribution in [0.15, 0.2) is 33.0 Å².